The first kappa shape index (κ1) is 93.6. The van der Waals surface area contributed by atoms with Crippen LogP contribution in [0.1, 0.15) is 145 Å². The van der Waals surface area contributed by atoms with Crippen LogP contribution < -0.4 is 53.2 Å². The molecule has 103 heavy (non-hydrogen) atoms. The number of hydrogen-bond donors (Lipinski definition) is 19. The zero-order chi connectivity index (χ0) is 76.8. The van der Waals surface area contributed by atoms with Crippen LogP contribution in [0.5, 0.6) is 0 Å². The number of unbranched alkanes of at least 4 members (excludes halogenated alkanes) is 3. The molecule has 12 unspecified atom stereocenters. The Labute approximate surface area is 603 Å². The average Bonchev–Trinajstić information content (AvgIpc) is 0.818. The number of amides is 9. The van der Waals surface area contributed by atoms with Crippen LogP contribution in [0.3, 0.4) is 0 Å². The molecule has 0 aromatic carbocycles. The van der Waals surface area contributed by atoms with Gasteiger partial charge >= 0.3 is 0 Å². The minimum atomic E-state index is -1.44. The summed E-state index contributed by atoms with van der Waals surface area (Å²) in [4.78, 5) is 111. The van der Waals surface area contributed by atoms with Gasteiger partial charge in [-0.2, -0.15) is 0 Å². The molecule has 19 N–H and O–H groups in total. The first-order valence-corrected chi connectivity index (χ1v) is 35.6. The molecule has 2 saturated heterocycles. The molecule has 37 heteroatoms. The topological polar surface area (TPSA) is 539 Å². The lowest BCUT2D eigenvalue weighted by atomic mass is 9.97. The van der Waals surface area contributed by atoms with E-state index < -0.39 is 141 Å². The predicted molar refractivity (Wildman–Crippen MR) is 366 cm³/mol. The fraction of sp³-hybridized carbons (Fsp3) is 0.864. The van der Waals surface area contributed by atoms with Gasteiger partial charge in [0.1, 0.15) is 60.9 Å². The predicted octanol–water partition coefficient (Wildman–Crippen LogP) is -5.77. The number of aliphatic hydroxyl groups excluding tert-OH is 9. The molecule has 2 rings (SSSR count). The van der Waals surface area contributed by atoms with Gasteiger partial charge in [0.15, 0.2) is 18.9 Å². The van der Waals surface area contributed by atoms with E-state index >= 15 is 0 Å². The Morgan fingerprint density at radius 2 is 0.796 bits per heavy atom. The summed E-state index contributed by atoms with van der Waals surface area (Å²) in [6.45, 7) is 10.5. The molecular formula is C66H122N10O27. The first-order valence-electron chi connectivity index (χ1n) is 35.6. The van der Waals surface area contributed by atoms with Crippen LogP contribution in [-0.2, 0) is 85.8 Å². The number of carbonyl (C=O) groups excluding carboxylic acids is 9. The molecule has 0 aromatic heterocycles. The van der Waals surface area contributed by atoms with Gasteiger partial charge in [0.05, 0.1) is 77.7 Å². The molecule has 2 aliphatic heterocycles. The zero-order valence-corrected chi connectivity index (χ0v) is 61.0. The highest BCUT2D eigenvalue weighted by molar-refractivity contribution is 5.78. The highest BCUT2D eigenvalue weighted by Crippen LogP contribution is 2.25. The monoisotopic (exact) mass is 1490 g/mol. The number of aliphatic hydroxyl groups is 9. The fourth-order valence-electron chi connectivity index (χ4n) is 10.7. The van der Waals surface area contributed by atoms with Crippen molar-refractivity contribution in [1.82, 2.24) is 53.2 Å². The van der Waals surface area contributed by atoms with Gasteiger partial charge in [-0.05, 0) is 85.5 Å². The van der Waals surface area contributed by atoms with Crippen LogP contribution >= 0.6 is 0 Å². The van der Waals surface area contributed by atoms with E-state index in [4.69, 9.17) is 42.6 Å². The number of hydrogen-bond acceptors (Lipinski definition) is 28. The van der Waals surface area contributed by atoms with E-state index in [1.54, 1.807) is 0 Å². The molecule has 0 radical (unpaired) electrons. The molecule has 9 amide bonds. The maximum atomic E-state index is 12.9. The maximum absolute atomic E-state index is 12.9. The van der Waals surface area contributed by atoms with Gasteiger partial charge in [0, 0.05) is 124 Å². The minimum absolute atomic E-state index is 0.00383. The third-order valence-corrected chi connectivity index (χ3v) is 15.9. The molecule has 2 aliphatic rings. The van der Waals surface area contributed by atoms with Crippen molar-refractivity contribution < 1.29 is 132 Å². The fourth-order valence-corrected chi connectivity index (χ4v) is 10.7. The van der Waals surface area contributed by atoms with Crippen LogP contribution in [0.15, 0.2) is 0 Å². The van der Waals surface area contributed by atoms with Crippen molar-refractivity contribution in [2.24, 2.45) is 0 Å². The third-order valence-electron chi connectivity index (χ3n) is 15.9. The standard InChI is InChI=1S/C66H122N10O27/c1-42(81)47(36-78)101-62(46(35-77)73-43(2)82)98-29-11-8-17-50(85)67-23-14-26-70-53(88)20-32-95-39-66(76-65(5,6)7,40-96-33-21-54(89)71-27-15-24-68-51(86)18-9-12-30-99-63-56(74-44(3)83)60(93)58(91)48(37-79)102-63)41-97-34-22-55(90)72-28-16-25-69-52(87)19-10-13-31-100-64-57(75-45(4)84)61(94)59(92)49(38-80)103-64/h42,46-49,56-64,76-81,91-94H,8-41H2,1-7H3,(H,67,85)(H,68,86)(H,69,87)(H,70,88)(H,71,89)(H,72,90)(H,73,82)(H,74,83)(H,75,84)/t42-,46-,47?,48?,49?,56?,57?,58?,59?,60?,61?,62?,63?,64?,66?/m0/s1. The SMILES string of the molecule is CC(=O)NC1C(OCCCCC(=O)NCCCNC(=O)CCOCC(COCCC(=O)NCCCNC(=O)CCCCOC2OC(CO)C(O)C(O)C2NC(C)=O)(COCCC(=O)NCCCNC(=O)CCCCOC(OC(CO)[C@H](C)O)[C@H](CO)NC(C)=O)NC(C)(C)C)OC(CO)C(O)C1O. The minimum Gasteiger partial charge on any atom is -0.394 e. The molecule has 37 nitrogen and oxygen atoms in total. The third kappa shape index (κ3) is 41.3. The number of nitrogens with one attached hydrogen (secondary N) is 10. The quantitative estimate of drug-likeness (QED) is 0.0199. The maximum Gasteiger partial charge on any atom is 0.222 e. The lowest BCUT2D eigenvalue weighted by Gasteiger charge is -2.42. The number of carbonyl (C=O) groups is 9. The van der Waals surface area contributed by atoms with Gasteiger partial charge in [-0.1, -0.05) is 0 Å². The van der Waals surface area contributed by atoms with Crippen LogP contribution in [0, 0.1) is 0 Å². The molecule has 0 aromatic rings. The summed E-state index contributed by atoms with van der Waals surface area (Å²) in [5, 5.41) is 118. The van der Waals surface area contributed by atoms with Crippen molar-refractivity contribution in [2.45, 2.75) is 242 Å². The van der Waals surface area contributed by atoms with Crippen LogP contribution in [0.2, 0.25) is 0 Å². The first-order chi connectivity index (χ1) is 49.0. The van der Waals surface area contributed by atoms with Gasteiger partial charge in [-0.25, -0.2) is 0 Å². The largest absolute Gasteiger partial charge is 0.394 e. The normalized spacial score (nSPS) is 22.3. The average molecular weight is 1490 g/mol. The van der Waals surface area contributed by atoms with Gasteiger partial charge < -0.3 is 142 Å². The highest BCUT2D eigenvalue weighted by atomic mass is 16.7. The zero-order valence-electron chi connectivity index (χ0n) is 61.0. The smallest absolute Gasteiger partial charge is 0.222 e. The summed E-state index contributed by atoms with van der Waals surface area (Å²) < 4.78 is 52.2. The van der Waals surface area contributed by atoms with E-state index in [-0.39, 0.29) is 173 Å². The second-order valence-electron chi connectivity index (χ2n) is 26.5. The van der Waals surface area contributed by atoms with Gasteiger partial charge in [-0.3, -0.25) is 43.2 Å². The molecule has 14 atom stereocenters. The lowest BCUT2D eigenvalue weighted by molar-refractivity contribution is -0.270. The molecule has 598 valence electrons. The Kier molecular flexibility index (Phi) is 48.4. The highest BCUT2D eigenvalue weighted by Gasteiger charge is 2.47. The summed E-state index contributed by atoms with van der Waals surface area (Å²) in [6, 6.07) is -3.13. The molecule has 2 heterocycles. The summed E-state index contributed by atoms with van der Waals surface area (Å²) in [5.74, 6) is -3.00. The van der Waals surface area contributed by atoms with E-state index in [0.717, 1.165) is 0 Å². The Morgan fingerprint density at radius 1 is 0.447 bits per heavy atom. The van der Waals surface area contributed by atoms with Crippen LogP contribution in [0.4, 0.5) is 0 Å². The van der Waals surface area contributed by atoms with Gasteiger partial charge in [0.2, 0.25) is 53.2 Å². The molecule has 0 saturated carbocycles. The van der Waals surface area contributed by atoms with Gasteiger partial charge in [-0.15, -0.1) is 0 Å². The van der Waals surface area contributed by atoms with E-state index in [0.29, 0.717) is 57.8 Å². The Balaban J connectivity index is 1.87. The van der Waals surface area contributed by atoms with E-state index in [9.17, 15) is 89.1 Å². The molecule has 0 spiro atoms. The molecule has 0 aliphatic carbocycles. The second kappa shape index (κ2) is 53.3. The van der Waals surface area contributed by atoms with E-state index in [2.05, 4.69) is 53.2 Å². The van der Waals surface area contributed by atoms with E-state index in [1.807, 2.05) is 20.8 Å². The van der Waals surface area contributed by atoms with Crippen molar-refractivity contribution in [3.05, 3.63) is 0 Å². The summed E-state index contributed by atoms with van der Waals surface area (Å²) in [6.07, 6.45) is -9.29. The Hall–Kier alpha value is -5.53. The van der Waals surface area contributed by atoms with Crippen molar-refractivity contribution in [3.63, 3.8) is 0 Å². The molecule has 2 fully saturated rings. The molecule has 0 bridgehead atoms. The van der Waals surface area contributed by atoms with Crippen LogP contribution in [0.25, 0.3) is 0 Å². The molecular weight excluding hydrogens is 1360 g/mol. The Bertz CT molecular complexity index is 2340. The van der Waals surface area contributed by atoms with Crippen molar-refractivity contribution >= 4 is 53.2 Å². The van der Waals surface area contributed by atoms with Gasteiger partial charge in [0.25, 0.3) is 0 Å². The summed E-state index contributed by atoms with van der Waals surface area (Å²) in [7, 11) is 0. The van der Waals surface area contributed by atoms with Crippen molar-refractivity contribution in [1.29, 1.82) is 0 Å². The lowest BCUT2D eigenvalue weighted by Crippen LogP contribution is -2.64. The second-order valence-corrected chi connectivity index (χ2v) is 26.5. The number of ether oxygens (including phenoxy) is 9. The van der Waals surface area contributed by atoms with Crippen LogP contribution in [-0.4, -0.2) is 321 Å². The van der Waals surface area contributed by atoms with Crippen molar-refractivity contribution in [2.75, 3.05) is 125 Å². The van der Waals surface area contributed by atoms with Crippen molar-refractivity contribution in [3.8, 4) is 0 Å². The van der Waals surface area contributed by atoms with E-state index in [1.165, 1.54) is 27.7 Å². The summed E-state index contributed by atoms with van der Waals surface area (Å²) in [5.41, 5.74) is -1.61. The Morgan fingerprint density at radius 3 is 1.10 bits per heavy atom. The number of rotatable bonds is 57. The summed E-state index contributed by atoms with van der Waals surface area (Å²) >= 11 is 0.